The molecule has 3 aliphatic rings. The summed E-state index contributed by atoms with van der Waals surface area (Å²) in [6, 6.07) is 4.08. The van der Waals surface area contributed by atoms with Gasteiger partial charge in [0, 0.05) is 12.6 Å². The number of amides is 1. The van der Waals surface area contributed by atoms with E-state index in [4.69, 9.17) is 16.0 Å². The van der Waals surface area contributed by atoms with Crippen molar-refractivity contribution >= 4 is 40.6 Å². The van der Waals surface area contributed by atoms with Crippen molar-refractivity contribution in [2.24, 2.45) is 5.92 Å². The molecule has 2 aromatic heterocycles. The van der Waals surface area contributed by atoms with E-state index in [0.29, 0.717) is 11.0 Å². The number of aromatic nitrogens is 1. The zero-order valence-corrected chi connectivity index (χ0v) is 14.7. The molecular formula is C15H16ClN3O2S2. The molecule has 0 saturated carbocycles. The minimum absolute atomic E-state index is 0.0243. The number of hydrogen-bond donors (Lipinski definition) is 1. The fraction of sp³-hybridized carbons (Fsp3) is 0.467. The van der Waals surface area contributed by atoms with Crippen LogP contribution in [-0.4, -0.2) is 41.5 Å². The van der Waals surface area contributed by atoms with Crippen molar-refractivity contribution in [3.63, 3.8) is 0 Å². The summed E-state index contributed by atoms with van der Waals surface area (Å²) in [6.07, 6.45) is 3.98. The van der Waals surface area contributed by atoms with Crippen LogP contribution < -0.4 is 5.32 Å². The van der Waals surface area contributed by atoms with E-state index >= 15 is 0 Å². The molecule has 3 saturated heterocycles. The van der Waals surface area contributed by atoms with Crippen LogP contribution in [0.25, 0.3) is 0 Å². The van der Waals surface area contributed by atoms with Gasteiger partial charge in [0.2, 0.25) is 0 Å². The highest BCUT2D eigenvalue weighted by Gasteiger charge is 2.35. The number of halogens is 1. The molecule has 2 aromatic rings. The van der Waals surface area contributed by atoms with Crippen LogP contribution in [0.2, 0.25) is 5.35 Å². The van der Waals surface area contributed by atoms with Gasteiger partial charge in [-0.05, 0) is 67.3 Å². The molecule has 8 heteroatoms. The van der Waals surface area contributed by atoms with Gasteiger partial charge in [-0.3, -0.25) is 4.79 Å². The molecule has 1 unspecified atom stereocenters. The van der Waals surface area contributed by atoms with Crippen molar-refractivity contribution in [2.75, 3.05) is 19.6 Å². The lowest BCUT2D eigenvalue weighted by Gasteiger charge is -2.44. The van der Waals surface area contributed by atoms with Crippen molar-refractivity contribution < 1.29 is 9.21 Å². The standard InChI is InChI=1S/C15H16ClN3O2S2/c16-15-17-7-12(21-15)23-13-2-1-11(22-13)14(20)18-10-8-19-5-3-9(10)4-6-19/h1-2,7,9-10H,3-6,8H2,(H,18,20). The fourth-order valence-electron chi connectivity index (χ4n) is 3.25. The summed E-state index contributed by atoms with van der Waals surface area (Å²) in [5, 5.41) is 3.97. The molecule has 1 amide bonds. The second-order valence-corrected chi connectivity index (χ2v) is 8.58. The van der Waals surface area contributed by atoms with Crippen LogP contribution in [0.3, 0.4) is 0 Å². The maximum Gasteiger partial charge on any atom is 0.293 e. The highest BCUT2D eigenvalue weighted by Crippen LogP contribution is 2.35. The molecular weight excluding hydrogens is 354 g/mol. The number of nitrogens with one attached hydrogen (secondary N) is 1. The molecule has 3 aliphatic heterocycles. The topological polar surface area (TPSA) is 58.4 Å². The summed E-state index contributed by atoms with van der Waals surface area (Å²) >= 11 is 8.55. The lowest BCUT2D eigenvalue weighted by Crippen LogP contribution is -2.57. The Morgan fingerprint density at radius 3 is 2.91 bits per heavy atom. The van der Waals surface area contributed by atoms with E-state index in [9.17, 15) is 4.79 Å². The number of carbonyl (C=O) groups excluding carboxylic acids is 1. The van der Waals surface area contributed by atoms with Crippen LogP contribution in [0.4, 0.5) is 0 Å². The van der Waals surface area contributed by atoms with Crippen molar-refractivity contribution in [3.8, 4) is 0 Å². The third kappa shape index (κ3) is 3.42. The normalized spacial score (nSPS) is 26.4. The molecule has 0 aliphatic carbocycles. The molecule has 1 atom stereocenters. The molecule has 0 aromatic carbocycles. The molecule has 5 nitrogen and oxygen atoms in total. The van der Waals surface area contributed by atoms with Gasteiger partial charge in [-0.2, -0.15) is 0 Å². The van der Waals surface area contributed by atoms with E-state index < -0.39 is 0 Å². The molecule has 1 N–H and O–H groups in total. The first-order chi connectivity index (χ1) is 11.2. The van der Waals surface area contributed by atoms with Gasteiger partial charge < -0.3 is 14.6 Å². The van der Waals surface area contributed by atoms with Crippen LogP contribution in [0, 0.1) is 5.92 Å². The van der Waals surface area contributed by atoms with E-state index in [1.165, 1.54) is 49.0 Å². The first-order valence-corrected chi connectivity index (χ1v) is 9.61. The SMILES string of the molecule is O=C(NC1CN2CCC1CC2)c1ccc(Sc2cnc(Cl)o2)s1. The van der Waals surface area contributed by atoms with Gasteiger partial charge in [0.05, 0.1) is 15.3 Å². The number of nitrogens with zero attached hydrogens (tertiary/aromatic N) is 2. The van der Waals surface area contributed by atoms with Gasteiger partial charge in [0.25, 0.3) is 11.3 Å². The molecule has 0 spiro atoms. The monoisotopic (exact) mass is 369 g/mol. The minimum atomic E-state index is 0.0243. The average Bonchev–Trinajstić information content (AvgIpc) is 3.18. The zero-order valence-electron chi connectivity index (χ0n) is 12.3. The van der Waals surface area contributed by atoms with Gasteiger partial charge in [0.15, 0.2) is 5.09 Å². The summed E-state index contributed by atoms with van der Waals surface area (Å²) in [6.45, 7) is 3.34. The van der Waals surface area contributed by atoms with Gasteiger partial charge in [-0.1, -0.05) is 0 Å². The summed E-state index contributed by atoms with van der Waals surface area (Å²) in [5.74, 6) is 0.658. The van der Waals surface area contributed by atoms with E-state index in [1.807, 2.05) is 12.1 Å². The Balaban J connectivity index is 1.39. The zero-order chi connectivity index (χ0) is 15.8. The Kier molecular flexibility index (Phi) is 4.36. The van der Waals surface area contributed by atoms with Crippen molar-refractivity contribution in [2.45, 2.75) is 28.2 Å². The van der Waals surface area contributed by atoms with Crippen LogP contribution in [0.15, 0.2) is 32.0 Å². The van der Waals surface area contributed by atoms with Crippen LogP contribution >= 0.6 is 34.7 Å². The van der Waals surface area contributed by atoms with Gasteiger partial charge in [-0.15, -0.1) is 11.3 Å². The summed E-state index contributed by atoms with van der Waals surface area (Å²) < 4.78 is 6.21. The number of fused-ring (bicyclic) bond motifs is 3. The highest BCUT2D eigenvalue weighted by molar-refractivity contribution is 8.01. The van der Waals surface area contributed by atoms with Gasteiger partial charge in [-0.25, -0.2) is 4.98 Å². The maximum absolute atomic E-state index is 12.5. The Hall–Kier alpha value is -1.02. The molecule has 0 radical (unpaired) electrons. The minimum Gasteiger partial charge on any atom is -0.421 e. The summed E-state index contributed by atoms with van der Waals surface area (Å²) in [7, 11) is 0. The maximum atomic E-state index is 12.5. The second-order valence-electron chi connectivity index (χ2n) is 5.87. The fourth-order valence-corrected chi connectivity index (χ4v) is 5.31. The number of carbonyl (C=O) groups is 1. The third-order valence-corrected chi connectivity index (χ3v) is 6.72. The number of oxazole rings is 1. The molecule has 5 rings (SSSR count). The van der Waals surface area contributed by atoms with Crippen molar-refractivity contribution in [1.29, 1.82) is 0 Å². The first-order valence-electron chi connectivity index (χ1n) is 7.59. The van der Waals surface area contributed by atoms with Crippen LogP contribution in [-0.2, 0) is 0 Å². The van der Waals surface area contributed by atoms with E-state index in [-0.39, 0.29) is 17.3 Å². The summed E-state index contributed by atoms with van der Waals surface area (Å²) in [5.41, 5.74) is 0. The van der Waals surface area contributed by atoms with Crippen LogP contribution in [0.5, 0.6) is 0 Å². The number of hydrogen-bond acceptors (Lipinski definition) is 6. The lowest BCUT2D eigenvalue weighted by atomic mass is 9.84. The second kappa shape index (κ2) is 6.47. The Morgan fingerprint density at radius 1 is 1.43 bits per heavy atom. The summed E-state index contributed by atoms with van der Waals surface area (Å²) in [4.78, 5) is 19.5. The van der Waals surface area contributed by atoms with E-state index in [2.05, 4.69) is 15.2 Å². The highest BCUT2D eigenvalue weighted by atomic mass is 35.5. The van der Waals surface area contributed by atoms with Crippen LogP contribution in [0.1, 0.15) is 22.5 Å². The van der Waals surface area contributed by atoms with E-state index in [1.54, 1.807) is 6.20 Å². The molecule has 3 fully saturated rings. The number of rotatable bonds is 4. The Morgan fingerprint density at radius 2 is 2.26 bits per heavy atom. The Bertz CT molecular complexity index is 709. The van der Waals surface area contributed by atoms with Gasteiger partial charge in [0.1, 0.15) is 0 Å². The largest absolute Gasteiger partial charge is 0.421 e. The predicted octanol–water partition coefficient (Wildman–Crippen LogP) is 3.36. The van der Waals surface area contributed by atoms with Crippen molar-refractivity contribution in [1.82, 2.24) is 15.2 Å². The molecule has 5 heterocycles. The lowest BCUT2D eigenvalue weighted by molar-refractivity contribution is 0.0622. The van der Waals surface area contributed by atoms with Crippen molar-refractivity contribution in [3.05, 3.63) is 28.6 Å². The number of piperidine rings is 3. The smallest absolute Gasteiger partial charge is 0.293 e. The quantitative estimate of drug-likeness (QED) is 0.895. The average molecular weight is 370 g/mol. The first kappa shape index (κ1) is 15.5. The molecule has 2 bridgehead atoms. The molecule has 23 heavy (non-hydrogen) atoms. The van der Waals surface area contributed by atoms with Gasteiger partial charge >= 0.3 is 0 Å². The Labute approximate surface area is 147 Å². The van der Waals surface area contributed by atoms with E-state index in [0.717, 1.165) is 15.6 Å². The third-order valence-electron chi connectivity index (χ3n) is 4.44. The molecule has 122 valence electrons. The predicted molar refractivity (Wildman–Crippen MR) is 90.4 cm³/mol. The number of thiophene rings is 1.